The molecule has 0 spiro atoms. The first-order chi connectivity index (χ1) is 9.45. The van der Waals surface area contributed by atoms with Crippen molar-refractivity contribution in [2.24, 2.45) is 0 Å². The number of aryl methyl sites for hydroxylation is 2. The largest absolute Gasteiger partial charge is 0.364 e. The quantitative estimate of drug-likeness (QED) is 0.678. The highest BCUT2D eigenvalue weighted by molar-refractivity contribution is 5.43. The lowest BCUT2D eigenvalue weighted by atomic mass is 10.0. The van der Waals surface area contributed by atoms with Gasteiger partial charge in [-0.2, -0.15) is 0 Å². The lowest BCUT2D eigenvalue weighted by molar-refractivity contribution is -0.385. The first-order valence-electron chi connectivity index (χ1n) is 6.41. The molecule has 1 aromatic heterocycles. The van der Waals surface area contributed by atoms with Crippen LogP contribution >= 0.6 is 0 Å². The fraction of sp³-hybridized carbons (Fsp3) is 0.267. The predicted octanol–water partition coefficient (Wildman–Crippen LogP) is 3.78. The van der Waals surface area contributed by atoms with Crippen LogP contribution in [-0.4, -0.2) is 9.91 Å². The van der Waals surface area contributed by atoms with E-state index in [4.69, 9.17) is 0 Å². The highest BCUT2D eigenvalue weighted by atomic mass is 16.6. The lowest BCUT2D eigenvalue weighted by Crippen LogP contribution is -2.08. The number of hydrogen-bond donors (Lipinski definition) is 1. The molecule has 0 aliphatic carbocycles. The maximum Gasteiger partial charge on any atom is 0.287 e. The highest BCUT2D eigenvalue weighted by Crippen LogP contribution is 2.21. The Kier molecular flexibility index (Phi) is 3.98. The Bertz CT molecular complexity index is 603. The van der Waals surface area contributed by atoms with E-state index in [0.717, 1.165) is 0 Å². The summed E-state index contributed by atoms with van der Waals surface area (Å²) < 4.78 is 0. The summed E-state index contributed by atoms with van der Waals surface area (Å²) in [7, 11) is 0. The molecule has 2 rings (SSSR count). The van der Waals surface area contributed by atoms with Gasteiger partial charge in [0.25, 0.3) is 5.69 Å². The first-order valence-corrected chi connectivity index (χ1v) is 6.41. The molecule has 1 N–H and O–H groups in total. The second-order valence-electron chi connectivity index (χ2n) is 4.95. The van der Waals surface area contributed by atoms with E-state index in [1.165, 1.54) is 29.0 Å². The van der Waals surface area contributed by atoms with Crippen molar-refractivity contribution in [2.75, 3.05) is 5.32 Å². The van der Waals surface area contributed by atoms with Crippen molar-refractivity contribution in [2.45, 2.75) is 26.8 Å². The molecular formula is C15H17N3O2. The van der Waals surface area contributed by atoms with Crippen molar-refractivity contribution in [3.8, 4) is 0 Å². The molecule has 1 aromatic carbocycles. The van der Waals surface area contributed by atoms with Crippen molar-refractivity contribution in [1.82, 2.24) is 4.98 Å². The number of aromatic nitrogens is 1. The Hall–Kier alpha value is -2.43. The Morgan fingerprint density at radius 2 is 1.85 bits per heavy atom. The standard InChI is InChI=1S/C15H17N3O2/c1-10-6-11(2)8-13(7-10)12(3)17-15-5-4-14(9-16-15)18(19)20/h4-9,12H,1-3H3,(H,16,17). The number of hydrogen-bond acceptors (Lipinski definition) is 4. The van der Waals surface area contributed by atoms with E-state index in [-0.39, 0.29) is 11.7 Å². The number of nitro groups is 1. The van der Waals surface area contributed by atoms with Crippen LogP contribution < -0.4 is 5.32 Å². The molecule has 0 aliphatic rings. The summed E-state index contributed by atoms with van der Waals surface area (Å²) in [6.45, 7) is 6.16. The molecule has 0 amide bonds. The van der Waals surface area contributed by atoms with Crippen molar-refractivity contribution >= 4 is 11.5 Å². The first kappa shape index (κ1) is 14.0. The minimum Gasteiger partial charge on any atom is -0.364 e. The van der Waals surface area contributed by atoms with Gasteiger partial charge in [0.2, 0.25) is 0 Å². The summed E-state index contributed by atoms with van der Waals surface area (Å²) in [5.74, 6) is 0.627. The van der Waals surface area contributed by atoms with Gasteiger partial charge in [-0.3, -0.25) is 10.1 Å². The van der Waals surface area contributed by atoms with Crippen molar-refractivity contribution in [3.63, 3.8) is 0 Å². The van der Waals surface area contributed by atoms with Crippen LogP contribution in [0.3, 0.4) is 0 Å². The van der Waals surface area contributed by atoms with E-state index in [1.54, 1.807) is 6.07 Å². The van der Waals surface area contributed by atoms with Crippen molar-refractivity contribution in [3.05, 3.63) is 63.3 Å². The zero-order chi connectivity index (χ0) is 14.7. The summed E-state index contributed by atoms with van der Waals surface area (Å²) in [5, 5.41) is 13.8. The molecule has 20 heavy (non-hydrogen) atoms. The molecule has 1 heterocycles. The van der Waals surface area contributed by atoms with Crippen LogP contribution in [0.15, 0.2) is 36.5 Å². The SMILES string of the molecule is Cc1cc(C)cc(C(C)Nc2ccc([N+](=O)[O-])cn2)c1. The molecule has 5 nitrogen and oxygen atoms in total. The molecule has 2 aromatic rings. The number of pyridine rings is 1. The number of nitrogens with one attached hydrogen (secondary N) is 1. The smallest absolute Gasteiger partial charge is 0.287 e. The van der Waals surface area contributed by atoms with Crippen molar-refractivity contribution < 1.29 is 4.92 Å². The number of anilines is 1. The maximum atomic E-state index is 10.6. The van der Waals surface area contributed by atoms with E-state index < -0.39 is 4.92 Å². The summed E-state index contributed by atoms with van der Waals surface area (Å²) in [5.41, 5.74) is 3.59. The van der Waals surface area contributed by atoms with Gasteiger partial charge in [0.05, 0.1) is 4.92 Å². The topological polar surface area (TPSA) is 68.1 Å². The zero-order valence-electron chi connectivity index (χ0n) is 11.8. The third kappa shape index (κ3) is 3.32. The fourth-order valence-electron chi connectivity index (χ4n) is 2.14. The molecule has 0 saturated heterocycles. The number of rotatable bonds is 4. The Labute approximate surface area is 117 Å². The Balaban J connectivity index is 2.14. The summed E-state index contributed by atoms with van der Waals surface area (Å²) in [6, 6.07) is 9.52. The molecule has 1 atom stereocenters. The van der Waals surface area contributed by atoms with Crippen LogP contribution in [0.1, 0.15) is 29.7 Å². The molecular weight excluding hydrogens is 254 g/mol. The van der Waals surface area contributed by atoms with E-state index in [2.05, 4.69) is 42.3 Å². The average molecular weight is 271 g/mol. The Morgan fingerprint density at radius 1 is 1.20 bits per heavy atom. The lowest BCUT2D eigenvalue weighted by Gasteiger charge is -2.16. The van der Waals surface area contributed by atoms with E-state index in [1.807, 2.05) is 6.92 Å². The van der Waals surface area contributed by atoms with Crippen LogP contribution in [0.4, 0.5) is 11.5 Å². The minimum absolute atomic E-state index is 0.00500. The third-order valence-corrected chi connectivity index (χ3v) is 3.07. The van der Waals surface area contributed by atoms with Crippen LogP contribution in [0.5, 0.6) is 0 Å². The van der Waals surface area contributed by atoms with Gasteiger partial charge in [-0.1, -0.05) is 29.3 Å². The molecule has 0 bridgehead atoms. The minimum atomic E-state index is -0.454. The van der Waals surface area contributed by atoms with Gasteiger partial charge < -0.3 is 5.32 Å². The van der Waals surface area contributed by atoms with Crippen LogP contribution in [0.25, 0.3) is 0 Å². The molecule has 0 aliphatic heterocycles. The van der Waals surface area contributed by atoms with Gasteiger partial charge in [0.1, 0.15) is 12.0 Å². The van der Waals surface area contributed by atoms with Gasteiger partial charge in [0, 0.05) is 12.1 Å². The average Bonchev–Trinajstić information content (AvgIpc) is 2.38. The second-order valence-corrected chi connectivity index (χ2v) is 4.95. The third-order valence-electron chi connectivity index (χ3n) is 3.07. The van der Waals surface area contributed by atoms with Crippen LogP contribution in [-0.2, 0) is 0 Å². The maximum absolute atomic E-state index is 10.6. The highest BCUT2D eigenvalue weighted by Gasteiger charge is 2.09. The molecule has 104 valence electrons. The number of nitrogens with zero attached hydrogens (tertiary/aromatic N) is 2. The Morgan fingerprint density at radius 3 is 2.35 bits per heavy atom. The van der Waals surface area contributed by atoms with E-state index in [9.17, 15) is 10.1 Å². The molecule has 0 radical (unpaired) electrons. The van der Waals surface area contributed by atoms with Gasteiger partial charge in [-0.05, 0) is 32.4 Å². The molecule has 1 unspecified atom stereocenters. The van der Waals surface area contributed by atoms with Gasteiger partial charge >= 0.3 is 0 Å². The molecule has 5 heteroatoms. The predicted molar refractivity (Wildman–Crippen MR) is 78.8 cm³/mol. The summed E-state index contributed by atoms with van der Waals surface area (Å²) in [6.07, 6.45) is 1.26. The zero-order valence-corrected chi connectivity index (χ0v) is 11.8. The summed E-state index contributed by atoms with van der Waals surface area (Å²) >= 11 is 0. The van der Waals surface area contributed by atoms with Crippen LogP contribution in [0.2, 0.25) is 0 Å². The van der Waals surface area contributed by atoms with Crippen molar-refractivity contribution in [1.29, 1.82) is 0 Å². The van der Waals surface area contributed by atoms with E-state index >= 15 is 0 Å². The van der Waals surface area contributed by atoms with Gasteiger partial charge in [0.15, 0.2) is 0 Å². The fourth-order valence-corrected chi connectivity index (χ4v) is 2.14. The van der Waals surface area contributed by atoms with Gasteiger partial charge in [-0.25, -0.2) is 4.98 Å². The normalized spacial score (nSPS) is 11.9. The molecule has 0 fully saturated rings. The summed E-state index contributed by atoms with van der Waals surface area (Å²) in [4.78, 5) is 14.2. The molecule has 0 saturated carbocycles. The monoisotopic (exact) mass is 271 g/mol. The second kappa shape index (κ2) is 5.69. The van der Waals surface area contributed by atoms with Gasteiger partial charge in [-0.15, -0.1) is 0 Å². The van der Waals surface area contributed by atoms with Crippen LogP contribution in [0, 0.1) is 24.0 Å². The number of benzene rings is 1. The van der Waals surface area contributed by atoms with E-state index in [0.29, 0.717) is 5.82 Å².